The maximum Gasteiger partial charge on any atom is 0.382 e. The molecule has 0 amide bonds. The minimum atomic E-state index is -3.79. The van der Waals surface area contributed by atoms with Crippen LogP contribution in [0.15, 0.2) is 18.2 Å². The topological polar surface area (TPSA) is 26.3 Å². The van der Waals surface area contributed by atoms with E-state index in [0.717, 1.165) is 6.07 Å². The highest BCUT2D eigenvalue weighted by molar-refractivity contribution is 6.42. The zero-order valence-electron chi connectivity index (χ0n) is 8.27. The largest absolute Gasteiger partial charge is 0.461 e. The summed E-state index contributed by atoms with van der Waals surface area (Å²) in [5.41, 5.74) is -0.653. The van der Waals surface area contributed by atoms with Crippen LogP contribution in [0.5, 0.6) is 0 Å². The fourth-order valence-electron chi connectivity index (χ4n) is 1.08. The zero-order valence-corrected chi connectivity index (χ0v) is 9.78. The normalized spacial score (nSPS) is 11.3. The summed E-state index contributed by atoms with van der Waals surface area (Å²) in [5, 5.41) is -0.384. The van der Waals surface area contributed by atoms with E-state index in [2.05, 4.69) is 4.74 Å². The van der Waals surface area contributed by atoms with Crippen molar-refractivity contribution in [1.82, 2.24) is 0 Å². The van der Waals surface area contributed by atoms with Gasteiger partial charge in [-0.15, -0.1) is 0 Å². The smallest absolute Gasteiger partial charge is 0.382 e. The van der Waals surface area contributed by atoms with E-state index >= 15 is 0 Å². The van der Waals surface area contributed by atoms with Crippen LogP contribution >= 0.6 is 23.2 Å². The van der Waals surface area contributed by atoms with Gasteiger partial charge in [-0.1, -0.05) is 35.3 Å². The minimum absolute atomic E-state index is 0.0388. The third-order valence-electron chi connectivity index (χ3n) is 1.82. The lowest BCUT2D eigenvalue weighted by atomic mass is 10.1. The average molecular weight is 269 g/mol. The summed E-state index contributed by atoms with van der Waals surface area (Å²) in [6.07, 6.45) is 0. The van der Waals surface area contributed by atoms with Gasteiger partial charge in [-0.05, 0) is 13.0 Å². The Balaban J connectivity index is 3.16. The van der Waals surface area contributed by atoms with Gasteiger partial charge in [-0.2, -0.15) is 8.78 Å². The third-order valence-corrected chi connectivity index (χ3v) is 2.64. The quantitative estimate of drug-likeness (QED) is 0.783. The molecule has 0 atom stereocenters. The van der Waals surface area contributed by atoms with E-state index in [4.69, 9.17) is 23.2 Å². The van der Waals surface area contributed by atoms with Crippen molar-refractivity contribution in [3.05, 3.63) is 33.8 Å². The van der Waals surface area contributed by atoms with Crippen LogP contribution in [0.4, 0.5) is 8.78 Å². The number of rotatable bonds is 3. The second-order valence-corrected chi connectivity index (χ2v) is 3.68. The van der Waals surface area contributed by atoms with Gasteiger partial charge in [0.25, 0.3) is 0 Å². The molecule has 0 unspecified atom stereocenters. The molecular weight excluding hydrogens is 261 g/mol. The van der Waals surface area contributed by atoms with E-state index in [1.165, 1.54) is 19.1 Å². The number of ether oxygens (including phenoxy) is 1. The number of halogens is 4. The SMILES string of the molecule is CCOC(=O)C(F)(F)c1cccc(Cl)c1Cl. The molecule has 88 valence electrons. The van der Waals surface area contributed by atoms with Crippen LogP contribution in [0.3, 0.4) is 0 Å². The fourth-order valence-corrected chi connectivity index (χ4v) is 1.50. The first-order chi connectivity index (χ1) is 7.41. The summed E-state index contributed by atoms with van der Waals surface area (Å²) in [7, 11) is 0. The van der Waals surface area contributed by atoms with Crippen molar-refractivity contribution >= 4 is 29.2 Å². The molecule has 1 aromatic carbocycles. The zero-order chi connectivity index (χ0) is 12.3. The predicted molar refractivity (Wildman–Crippen MR) is 57.0 cm³/mol. The molecule has 0 radical (unpaired) electrons. The lowest BCUT2D eigenvalue weighted by Gasteiger charge is -2.16. The maximum absolute atomic E-state index is 13.6. The van der Waals surface area contributed by atoms with Gasteiger partial charge in [0.15, 0.2) is 0 Å². The summed E-state index contributed by atoms with van der Waals surface area (Å²) in [4.78, 5) is 11.1. The van der Waals surface area contributed by atoms with E-state index in [0.29, 0.717) is 0 Å². The average Bonchev–Trinajstić information content (AvgIpc) is 2.22. The second-order valence-electron chi connectivity index (χ2n) is 2.90. The first-order valence-corrected chi connectivity index (χ1v) is 5.16. The van der Waals surface area contributed by atoms with Crippen LogP contribution in [0.2, 0.25) is 10.0 Å². The Morgan fingerprint density at radius 1 is 1.44 bits per heavy atom. The predicted octanol–water partition coefficient (Wildman–Crippen LogP) is 3.65. The van der Waals surface area contributed by atoms with Gasteiger partial charge >= 0.3 is 11.9 Å². The lowest BCUT2D eigenvalue weighted by molar-refractivity contribution is -0.173. The van der Waals surface area contributed by atoms with Gasteiger partial charge in [0, 0.05) is 0 Å². The monoisotopic (exact) mass is 268 g/mol. The highest BCUT2D eigenvalue weighted by atomic mass is 35.5. The van der Waals surface area contributed by atoms with E-state index in [1.807, 2.05) is 0 Å². The van der Waals surface area contributed by atoms with Crippen molar-refractivity contribution in [1.29, 1.82) is 0 Å². The van der Waals surface area contributed by atoms with Crippen LogP contribution in [-0.2, 0) is 15.5 Å². The molecule has 0 N–H and O–H groups in total. The van der Waals surface area contributed by atoms with Crippen molar-refractivity contribution in [3.8, 4) is 0 Å². The fraction of sp³-hybridized carbons (Fsp3) is 0.300. The van der Waals surface area contributed by atoms with Crippen molar-refractivity contribution in [3.63, 3.8) is 0 Å². The van der Waals surface area contributed by atoms with E-state index < -0.39 is 17.5 Å². The van der Waals surface area contributed by atoms with Crippen LogP contribution in [0.25, 0.3) is 0 Å². The molecule has 1 aromatic rings. The Kier molecular flexibility index (Phi) is 4.10. The van der Waals surface area contributed by atoms with E-state index in [-0.39, 0.29) is 16.7 Å². The van der Waals surface area contributed by atoms with Crippen molar-refractivity contribution in [2.75, 3.05) is 6.61 Å². The highest BCUT2D eigenvalue weighted by Crippen LogP contribution is 2.37. The van der Waals surface area contributed by atoms with Crippen LogP contribution in [-0.4, -0.2) is 12.6 Å². The first-order valence-electron chi connectivity index (χ1n) is 4.40. The number of carbonyl (C=O) groups excluding carboxylic acids is 1. The molecule has 0 heterocycles. The molecule has 0 saturated carbocycles. The maximum atomic E-state index is 13.6. The van der Waals surface area contributed by atoms with Gasteiger partial charge < -0.3 is 4.74 Å². The highest BCUT2D eigenvalue weighted by Gasteiger charge is 2.44. The molecule has 1 rings (SSSR count). The van der Waals surface area contributed by atoms with Gasteiger partial charge in [0.05, 0.1) is 22.2 Å². The summed E-state index contributed by atoms with van der Waals surface area (Å²) in [6, 6.07) is 3.68. The summed E-state index contributed by atoms with van der Waals surface area (Å²) in [5.74, 6) is -5.43. The molecule has 6 heteroatoms. The Morgan fingerprint density at radius 2 is 2.06 bits per heavy atom. The standard InChI is InChI=1S/C10H8Cl2F2O2/c1-2-16-9(15)10(13,14)6-4-3-5-7(11)8(6)12/h3-5H,2H2,1H3. The number of hydrogen-bond acceptors (Lipinski definition) is 2. The Morgan fingerprint density at radius 3 is 2.62 bits per heavy atom. The molecule has 0 spiro atoms. The van der Waals surface area contributed by atoms with Gasteiger partial charge in [0.1, 0.15) is 0 Å². The van der Waals surface area contributed by atoms with Crippen molar-refractivity contribution in [2.24, 2.45) is 0 Å². The van der Waals surface area contributed by atoms with Gasteiger partial charge in [-0.3, -0.25) is 0 Å². The molecule has 0 fully saturated rings. The van der Waals surface area contributed by atoms with E-state index in [9.17, 15) is 13.6 Å². The molecule has 0 aromatic heterocycles. The Hall–Kier alpha value is -0.870. The molecule has 0 aliphatic heterocycles. The molecular formula is C10H8Cl2F2O2. The first kappa shape index (κ1) is 13.2. The molecule has 16 heavy (non-hydrogen) atoms. The van der Waals surface area contributed by atoms with Crippen LogP contribution in [0, 0.1) is 0 Å². The third kappa shape index (κ3) is 2.44. The molecule has 0 saturated heterocycles. The van der Waals surface area contributed by atoms with Gasteiger partial charge in [-0.25, -0.2) is 4.79 Å². The summed E-state index contributed by atoms with van der Waals surface area (Å²) < 4.78 is 31.4. The lowest BCUT2D eigenvalue weighted by Crippen LogP contribution is -2.28. The van der Waals surface area contributed by atoms with Crippen LogP contribution < -0.4 is 0 Å². The van der Waals surface area contributed by atoms with E-state index in [1.54, 1.807) is 0 Å². The molecule has 0 bridgehead atoms. The number of benzene rings is 1. The molecule has 0 aliphatic carbocycles. The number of hydrogen-bond donors (Lipinski definition) is 0. The summed E-state index contributed by atoms with van der Waals surface area (Å²) in [6.45, 7) is 1.31. The van der Waals surface area contributed by atoms with Crippen LogP contribution in [0.1, 0.15) is 12.5 Å². The van der Waals surface area contributed by atoms with Crippen molar-refractivity contribution in [2.45, 2.75) is 12.8 Å². The Labute approximate surface area is 101 Å². The minimum Gasteiger partial charge on any atom is -0.461 e. The number of alkyl halides is 2. The summed E-state index contributed by atoms with van der Waals surface area (Å²) >= 11 is 11.2. The molecule has 2 nitrogen and oxygen atoms in total. The number of esters is 1. The second kappa shape index (κ2) is 4.97. The Bertz CT molecular complexity index is 408. The van der Waals surface area contributed by atoms with Crippen molar-refractivity contribution < 1.29 is 18.3 Å². The molecule has 0 aliphatic rings. The van der Waals surface area contributed by atoms with Gasteiger partial charge in [0.2, 0.25) is 0 Å². The number of carbonyl (C=O) groups is 1.